The van der Waals surface area contributed by atoms with E-state index in [1.807, 2.05) is 11.0 Å². The van der Waals surface area contributed by atoms with E-state index in [1.165, 1.54) is 12.4 Å². The molecule has 75 heavy (non-hydrogen) atoms. The predicted molar refractivity (Wildman–Crippen MR) is 273 cm³/mol. The lowest BCUT2D eigenvalue weighted by Gasteiger charge is -2.45. The lowest BCUT2D eigenvalue weighted by molar-refractivity contribution is -0.137. The normalized spacial score (nSPS) is 27.4. The Labute approximate surface area is 436 Å². The molecule has 2 saturated heterocycles. The van der Waals surface area contributed by atoms with Gasteiger partial charge >= 0.3 is 6.18 Å². The summed E-state index contributed by atoms with van der Waals surface area (Å²) in [6.45, 7) is 5.32. The van der Waals surface area contributed by atoms with E-state index in [2.05, 4.69) is 67.3 Å². The van der Waals surface area contributed by atoms with Crippen molar-refractivity contribution in [3.05, 3.63) is 60.2 Å². The van der Waals surface area contributed by atoms with E-state index >= 15 is 0 Å². The molecule has 3 saturated carbocycles. The summed E-state index contributed by atoms with van der Waals surface area (Å²) in [6.07, 6.45) is 9.57. The molecule has 3 aromatic rings. The number of hydrogen-bond acceptors (Lipinski definition) is 12. The van der Waals surface area contributed by atoms with Gasteiger partial charge in [0.05, 0.1) is 41.2 Å². The number of carbonyl (C=O) groups is 6. The molecule has 6 atom stereocenters. The van der Waals surface area contributed by atoms with Crippen LogP contribution >= 0.6 is 0 Å². The number of fused-ring (bicyclic) bond motifs is 1. The number of anilines is 1. The Bertz CT molecular complexity index is 2490. The second kappa shape index (κ2) is 24.8. The van der Waals surface area contributed by atoms with Crippen LogP contribution in [0.5, 0.6) is 0 Å². The average Bonchev–Trinajstić information content (AvgIpc) is 3.91. The number of halogens is 3. The van der Waals surface area contributed by atoms with Gasteiger partial charge in [-0.05, 0) is 134 Å². The van der Waals surface area contributed by atoms with Crippen LogP contribution in [0.1, 0.15) is 134 Å². The van der Waals surface area contributed by atoms with Gasteiger partial charge in [0.2, 0.25) is 35.4 Å². The highest BCUT2D eigenvalue weighted by atomic mass is 19.4. The standard InChI is InChI=1S/C54H74F3N11O7/c1-32(2)66(3)38-16-20-45(68-25-22-43(53(68)74)64-50-40-27-35(54(55,56)57)11-19-42(40)60-31-61-50)44(28-38)65-51(72)33-9-12-36(13-10-33)62-46(69)8-6-26-75-39-17-14-37(15-18-39)63-47(70)21-24-59-52(73)41-29-48(71)67(4)49(41)34-7-5-23-58-30-34/h5,7,11,19,23,27,30-33,36-39,41,43-45,49H,6,8-10,12-18,20-22,24-26,28-29H2,1-4H3,(H,59,73)(H,62,69)(H,63,70)(H,65,72)(H,60,61,64)/t33-,36+,37-,38-,39-,41-,43+,44-,45+,49+/m1/s1. The highest BCUT2D eigenvalue weighted by Gasteiger charge is 2.45. The molecule has 2 aliphatic heterocycles. The van der Waals surface area contributed by atoms with Crippen LogP contribution in [-0.4, -0.2) is 147 Å². The fourth-order valence-electron chi connectivity index (χ4n) is 11.9. The van der Waals surface area contributed by atoms with Crippen molar-refractivity contribution < 1.29 is 46.7 Å². The number of nitrogens with one attached hydrogen (secondary N) is 5. The van der Waals surface area contributed by atoms with Crippen molar-refractivity contribution in [2.45, 2.75) is 177 Å². The maximum atomic E-state index is 14.1. The monoisotopic (exact) mass is 1050 g/mol. The van der Waals surface area contributed by atoms with Crippen LogP contribution in [-0.2, 0) is 39.7 Å². The predicted octanol–water partition coefficient (Wildman–Crippen LogP) is 5.43. The molecule has 0 radical (unpaired) electrons. The average molecular weight is 1050 g/mol. The van der Waals surface area contributed by atoms with Crippen LogP contribution in [0.3, 0.4) is 0 Å². The van der Waals surface area contributed by atoms with Crippen LogP contribution in [0, 0.1) is 11.8 Å². The van der Waals surface area contributed by atoms with E-state index in [9.17, 15) is 41.9 Å². The molecule has 5 N–H and O–H groups in total. The summed E-state index contributed by atoms with van der Waals surface area (Å²) in [4.78, 5) is 97.7. The van der Waals surface area contributed by atoms with Crippen molar-refractivity contribution in [3.63, 3.8) is 0 Å². The Morgan fingerprint density at radius 1 is 0.867 bits per heavy atom. The number of carbonyl (C=O) groups excluding carboxylic acids is 6. The number of hydrogen-bond donors (Lipinski definition) is 5. The van der Waals surface area contributed by atoms with Crippen LogP contribution in [0.15, 0.2) is 49.1 Å². The van der Waals surface area contributed by atoms with Gasteiger partial charge in [0, 0.05) is 93.9 Å². The molecule has 1 aromatic carbocycles. The Balaban J connectivity index is 0.720. The number of benzene rings is 1. The minimum Gasteiger partial charge on any atom is -0.378 e. The fourth-order valence-corrected chi connectivity index (χ4v) is 11.9. The summed E-state index contributed by atoms with van der Waals surface area (Å²) in [6, 6.07) is 5.74. The molecule has 0 unspecified atom stereocenters. The molecular weight excluding hydrogens is 972 g/mol. The second-order valence-corrected chi connectivity index (χ2v) is 21.6. The Hall–Kier alpha value is -5.96. The van der Waals surface area contributed by atoms with Gasteiger partial charge in [-0.1, -0.05) is 6.07 Å². The van der Waals surface area contributed by atoms with Gasteiger partial charge in [-0.25, -0.2) is 9.97 Å². The van der Waals surface area contributed by atoms with Crippen molar-refractivity contribution in [2.24, 2.45) is 11.8 Å². The Morgan fingerprint density at radius 2 is 1.59 bits per heavy atom. The van der Waals surface area contributed by atoms with E-state index in [0.29, 0.717) is 76.5 Å². The molecular formula is C54H74F3N11O7. The number of alkyl halides is 3. The number of nitrogens with zero attached hydrogens (tertiary/aromatic N) is 6. The fraction of sp³-hybridized carbons (Fsp3) is 0.648. The Morgan fingerprint density at radius 3 is 2.28 bits per heavy atom. The number of ether oxygens (including phenoxy) is 1. The molecule has 0 bridgehead atoms. The van der Waals surface area contributed by atoms with Gasteiger partial charge in [-0.2, -0.15) is 13.2 Å². The maximum Gasteiger partial charge on any atom is 0.416 e. The highest BCUT2D eigenvalue weighted by molar-refractivity contribution is 5.94. The van der Waals surface area contributed by atoms with E-state index in [1.54, 1.807) is 30.4 Å². The third-order valence-electron chi connectivity index (χ3n) is 16.4. The number of aromatic nitrogens is 3. The molecule has 3 aliphatic carbocycles. The molecule has 2 aromatic heterocycles. The largest absolute Gasteiger partial charge is 0.416 e. The first-order valence-electron chi connectivity index (χ1n) is 27.0. The zero-order valence-electron chi connectivity index (χ0n) is 43.6. The molecule has 18 nitrogen and oxygen atoms in total. The van der Waals surface area contributed by atoms with E-state index < -0.39 is 29.7 Å². The van der Waals surface area contributed by atoms with Gasteiger partial charge in [0.15, 0.2) is 0 Å². The van der Waals surface area contributed by atoms with Gasteiger partial charge in [-0.3, -0.25) is 33.8 Å². The minimum absolute atomic E-state index is 0.0211. The molecule has 0 spiro atoms. The van der Waals surface area contributed by atoms with Crippen molar-refractivity contribution in [3.8, 4) is 0 Å². The third-order valence-corrected chi connectivity index (χ3v) is 16.4. The van der Waals surface area contributed by atoms with Crippen LogP contribution in [0.4, 0.5) is 19.0 Å². The molecule has 8 rings (SSSR count). The maximum absolute atomic E-state index is 14.1. The van der Waals surface area contributed by atoms with Crippen LogP contribution in [0.2, 0.25) is 0 Å². The number of amides is 6. The first-order chi connectivity index (χ1) is 35.9. The highest BCUT2D eigenvalue weighted by Crippen LogP contribution is 2.38. The first-order valence-corrected chi connectivity index (χ1v) is 27.0. The SMILES string of the molecule is CC(C)N(C)[C@@H]1CC[C@H](N2CC[C@H](Nc3ncnc4ccc(C(F)(F)F)cc34)C2=O)[C@H](NC(=O)[C@H]2CC[C@@H](NC(=O)CCCO[C@H]3CC[C@H](NC(=O)CCNC(=O)[C@@H]4CC(=O)N(C)[C@H]4c4cccnc4)CC3)CC2)C1. The first kappa shape index (κ1) is 55.3. The second-order valence-electron chi connectivity index (χ2n) is 21.6. The quantitative estimate of drug-likeness (QED) is 0.0950. The van der Waals surface area contributed by atoms with Crippen molar-refractivity contribution >= 4 is 52.2 Å². The van der Waals surface area contributed by atoms with E-state index in [4.69, 9.17) is 4.74 Å². The van der Waals surface area contributed by atoms with E-state index in [-0.39, 0.29) is 114 Å². The molecule has 6 amide bonds. The van der Waals surface area contributed by atoms with Gasteiger partial charge in [0.25, 0.3) is 0 Å². The van der Waals surface area contributed by atoms with E-state index in [0.717, 1.165) is 49.8 Å². The topological polar surface area (TPSA) is 220 Å². The summed E-state index contributed by atoms with van der Waals surface area (Å²) < 4.78 is 47.0. The number of rotatable bonds is 19. The summed E-state index contributed by atoms with van der Waals surface area (Å²) in [5.41, 5.74) is 0.301. The minimum atomic E-state index is -4.55. The lowest BCUT2D eigenvalue weighted by atomic mass is 9.82. The smallest absolute Gasteiger partial charge is 0.378 e. The molecule has 21 heteroatoms. The summed E-state index contributed by atoms with van der Waals surface area (Å²) in [7, 11) is 3.77. The van der Waals surface area contributed by atoms with Crippen LogP contribution in [0.25, 0.3) is 10.9 Å². The van der Waals surface area contributed by atoms with Gasteiger partial charge in [-0.15, -0.1) is 0 Å². The summed E-state index contributed by atoms with van der Waals surface area (Å²) in [5, 5.41) is 15.8. The lowest BCUT2D eigenvalue weighted by Crippen LogP contribution is -2.59. The molecule has 408 valence electrons. The Kier molecular flexibility index (Phi) is 18.3. The zero-order valence-corrected chi connectivity index (χ0v) is 43.6. The van der Waals surface area contributed by atoms with Crippen LogP contribution < -0.4 is 26.6 Å². The van der Waals surface area contributed by atoms with Crippen molar-refractivity contribution in [1.82, 2.24) is 50.9 Å². The summed E-state index contributed by atoms with van der Waals surface area (Å²) in [5.74, 6) is -1.39. The van der Waals surface area contributed by atoms with Gasteiger partial charge in [0.1, 0.15) is 18.2 Å². The zero-order chi connectivity index (χ0) is 53.4. The molecule has 5 aliphatic rings. The van der Waals surface area contributed by atoms with Crippen molar-refractivity contribution in [2.75, 3.05) is 39.1 Å². The molecule has 5 fully saturated rings. The molecule has 4 heterocycles. The third kappa shape index (κ3) is 13.9. The van der Waals surface area contributed by atoms with Crippen molar-refractivity contribution in [1.29, 1.82) is 0 Å². The number of pyridine rings is 1. The number of likely N-dealkylation sites (tertiary alicyclic amines) is 2. The summed E-state index contributed by atoms with van der Waals surface area (Å²) >= 11 is 0. The van der Waals surface area contributed by atoms with Gasteiger partial charge < -0.3 is 46.0 Å².